The van der Waals surface area contributed by atoms with Crippen LogP contribution in [-0.2, 0) is 6.42 Å². The number of rotatable bonds is 3. The topological polar surface area (TPSA) is 42.3 Å². The summed E-state index contributed by atoms with van der Waals surface area (Å²) in [6.45, 7) is 3.30. The molecule has 1 saturated heterocycles. The van der Waals surface area contributed by atoms with Crippen molar-refractivity contribution in [1.29, 1.82) is 0 Å². The summed E-state index contributed by atoms with van der Waals surface area (Å²) in [5.41, 5.74) is 3.69. The van der Waals surface area contributed by atoms with Gasteiger partial charge >= 0.3 is 0 Å². The summed E-state index contributed by atoms with van der Waals surface area (Å²) in [5.74, 6) is 2.55. The molecule has 0 bridgehead atoms. The number of methoxy groups -OCH3 is 1. The van der Waals surface area contributed by atoms with Crippen LogP contribution < -0.4 is 10.1 Å². The lowest BCUT2D eigenvalue weighted by atomic mass is 9.92. The van der Waals surface area contributed by atoms with E-state index in [1.54, 1.807) is 7.11 Å². The van der Waals surface area contributed by atoms with Gasteiger partial charge in [-0.3, -0.25) is 0 Å². The van der Waals surface area contributed by atoms with Gasteiger partial charge in [0.1, 0.15) is 17.3 Å². The number of anilines is 1. The summed E-state index contributed by atoms with van der Waals surface area (Å²) in [6, 6.07) is 8.10. The SMILES string of the molecule is COc1ccccc1-n1nc(C2CCCN(C)C2)c2c1NCC2. The number of likely N-dealkylation sites (N-methyl/N-ethyl adjacent to an activating group) is 1. The lowest BCUT2D eigenvalue weighted by Gasteiger charge is -2.29. The fourth-order valence-electron chi connectivity index (χ4n) is 3.90. The Kier molecular flexibility index (Phi) is 3.73. The Labute approximate surface area is 137 Å². The lowest BCUT2D eigenvalue weighted by molar-refractivity contribution is 0.247. The highest BCUT2D eigenvalue weighted by atomic mass is 16.5. The van der Waals surface area contributed by atoms with Crippen molar-refractivity contribution in [3.63, 3.8) is 0 Å². The minimum absolute atomic E-state index is 0.540. The predicted molar refractivity (Wildman–Crippen MR) is 91.8 cm³/mol. The summed E-state index contributed by atoms with van der Waals surface area (Å²) < 4.78 is 7.58. The lowest BCUT2D eigenvalue weighted by Crippen LogP contribution is -2.31. The van der Waals surface area contributed by atoms with Gasteiger partial charge in [-0.1, -0.05) is 12.1 Å². The first kappa shape index (κ1) is 14.6. The number of ether oxygens (including phenoxy) is 1. The van der Waals surface area contributed by atoms with Crippen LogP contribution in [0.4, 0.5) is 5.82 Å². The van der Waals surface area contributed by atoms with Crippen LogP contribution in [-0.4, -0.2) is 48.5 Å². The van der Waals surface area contributed by atoms with Crippen LogP contribution in [0.2, 0.25) is 0 Å². The molecule has 4 rings (SSSR count). The van der Waals surface area contributed by atoms with Crippen molar-refractivity contribution in [2.45, 2.75) is 25.2 Å². The molecule has 2 aliphatic heterocycles. The Morgan fingerprint density at radius 1 is 1.30 bits per heavy atom. The van der Waals surface area contributed by atoms with Crippen molar-refractivity contribution < 1.29 is 4.74 Å². The molecule has 5 heteroatoms. The van der Waals surface area contributed by atoms with Gasteiger partial charge < -0.3 is 15.0 Å². The maximum Gasteiger partial charge on any atom is 0.144 e. The van der Waals surface area contributed by atoms with E-state index in [1.165, 1.54) is 30.6 Å². The molecule has 0 spiro atoms. The maximum atomic E-state index is 5.53. The van der Waals surface area contributed by atoms with E-state index in [1.807, 2.05) is 22.9 Å². The van der Waals surface area contributed by atoms with Crippen LogP contribution in [0.15, 0.2) is 24.3 Å². The number of aromatic nitrogens is 2. The predicted octanol–water partition coefficient (Wildman–Crippen LogP) is 2.66. The molecule has 2 aromatic rings. The Morgan fingerprint density at radius 2 is 2.17 bits per heavy atom. The van der Waals surface area contributed by atoms with E-state index in [4.69, 9.17) is 9.84 Å². The highest BCUT2D eigenvalue weighted by molar-refractivity contribution is 5.60. The highest BCUT2D eigenvalue weighted by Gasteiger charge is 2.30. The molecule has 3 heterocycles. The minimum atomic E-state index is 0.540. The number of nitrogens with one attached hydrogen (secondary N) is 1. The summed E-state index contributed by atoms with van der Waals surface area (Å²) in [5, 5.41) is 8.54. The zero-order chi connectivity index (χ0) is 15.8. The molecule has 2 aliphatic rings. The molecule has 0 amide bonds. The van der Waals surface area contributed by atoms with Crippen molar-refractivity contribution in [1.82, 2.24) is 14.7 Å². The van der Waals surface area contributed by atoms with E-state index < -0.39 is 0 Å². The number of piperidine rings is 1. The van der Waals surface area contributed by atoms with E-state index in [-0.39, 0.29) is 0 Å². The molecule has 0 saturated carbocycles. The standard InChI is InChI=1S/C18H24N4O/c1-21-11-5-6-13(12-21)17-14-9-10-19-18(14)22(20-17)15-7-3-4-8-16(15)23-2/h3-4,7-8,13,19H,5-6,9-12H2,1-2H3. The van der Waals surface area contributed by atoms with Gasteiger partial charge in [0, 0.05) is 24.6 Å². The van der Waals surface area contributed by atoms with Gasteiger partial charge in [-0.05, 0) is 45.0 Å². The third kappa shape index (κ3) is 2.49. The van der Waals surface area contributed by atoms with Crippen molar-refractivity contribution >= 4 is 5.82 Å². The van der Waals surface area contributed by atoms with Crippen LogP contribution in [0.25, 0.3) is 5.69 Å². The number of likely N-dealkylation sites (tertiary alicyclic amines) is 1. The summed E-state index contributed by atoms with van der Waals surface area (Å²) >= 11 is 0. The molecule has 1 N–H and O–H groups in total. The Bertz CT molecular complexity index is 709. The number of benzene rings is 1. The van der Waals surface area contributed by atoms with Crippen molar-refractivity contribution in [2.24, 2.45) is 0 Å². The first-order valence-corrected chi connectivity index (χ1v) is 8.45. The van der Waals surface area contributed by atoms with Crippen molar-refractivity contribution in [3.05, 3.63) is 35.5 Å². The second-order valence-corrected chi connectivity index (χ2v) is 6.57. The Morgan fingerprint density at radius 3 is 3.00 bits per heavy atom. The second-order valence-electron chi connectivity index (χ2n) is 6.57. The number of hydrogen-bond acceptors (Lipinski definition) is 4. The fourth-order valence-corrected chi connectivity index (χ4v) is 3.90. The average Bonchev–Trinajstić information content (AvgIpc) is 3.17. The van der Waals surface area contributed by atoms with Crippen LogP contribution >= 0.6 is 0 Å². The van der Waals surface area contributed by atoms with Crippen LogP contribution in [0.1, 0.15) is 30.0 Å². The van der Waals surface area contributed by atoms with E-state index >= 15 is 0 Å². The van der Waals surface area contributed by atoms with Gasteiger partial charge in [-0.15, -0.1) is 0 Å². The molecule has 122 valence electrons. The number of nitrogens with zero attached hydrogens (tertiary/aromatic N) is 3. The third-order valence-electron chi connectivity index (χ3n) is 5.01. The summed E-state index contributed by atoms with van der Waals surface area (Å²) in [7, 11) is 3.93. The zero-order valence-corrected chi connectivity index (χ0v) is 13.9. The van der Waals surface area contributed by atoms with Gasteiger partial charge in [0.25, 0.3) is 0 Å². The van der Waals surface area contributed by atoms with Gasteiger partial charge in [-0.2, -0.15) is 5.10 Å². The molecule has 1 aromatic carbocycles. The first-order valence-electron chi connectivity index (χ1n) is 8.45. The Hall–Kier alpha value is -2.01. The Balaban J connectivity index is 1.79. The summed E-state index contributed by atoms with van der Waals surface area (Å²) in [6.07, 6.45) is 3.56. The molecule has 23 heavy (non-hydrogen) atoms. The van der Waals surface area contributed by atoms with Gasteiger partial charge in [-0.25, -0.2) is 4.68 Å². The van der Waals surface area contributed by atoms with E-state index in [0.29, 0.717) is 5.92 Å². The minimum Gasteiger partial charge on any atom is -0.494 e. The van der Waals surface area contributed by atoms with E-state index in [0.717, 1.165) is 36.8 Å². The monoisotopic (exact) mass is 312 g/mol. The van der Waals surface area contributed by atoms with Gasteiger partial charge in [0.2, 0.25) is 0 Å². The van der Waals surface area contributed by atoms with Crippen molar-refractivity contribution in [2.75, 3.05) is 39.1 Å². The number of fused-ring (bicyclic) bond motifs is 1. The normalized spacial score (nSPS) is 21.0. The third-order valence-corrected chi connectivity index (χ3v) is 5.01. The van der Waals surface area contributed by atoms with Crippen molar-refractivity contribution in [3.8, 4) is 11.4 Å². The molecule has 0 radical (unpaired) electrons. The van der Waals surface area contributed by atoms with Crippen LogP contribution in [0.5, 0.6) is 5.75 Å². The molecule has 0 aliphatic carbocycles. The molecule has 1 fully saturated rings. The second kappa shape index (κ2) is 5.89. The quantitative estimate of drug-likeness (QED) is 0.946. The largest absolute Gasteiger partial charge is 0.494 e. The van der Waals surface area contributed by atoms with Gasteiger partial charge in [0.15, 0.2) is 0 Å². The molecular weight excluding hydrogens is 288 g/mol. The highest BCUT2D eigenvalue weighted by Crippen LogP contribution is 2.37. The first-order chi connectivity index (χ1) is 11.3. The van der Waals surface area contributed by atoms with Crippen LogP contribution in [0, 0.1) is 0 Å². The molecular formula is C18H24N4O. The fraction of sp³-hybridized carbons (Fsp3) is 0.500. The molecule has 1 atom stereocenters. The molecule has 1 aromatic heterocycles. The smallest absolute Gasteiger partial charge is 0.144 e. The number of para-hydroxylation sites is 2. The average molecular weight is 312 g/mol. The molecule has 5 nitrogen and oxygen atoms in total. The zero-order valence-electron chi connectivity index (χ0n) is 13.9. The van der Waals surface area contributed by atoms with E-state index in [2.05, 4.69) is 23.3 Å². The maximum absolute atomic E-state index is 5.53. The number of hydrogen-bond donors (Lipinski definition) is 1. The van der Waals surface area contributed by atoms with Crippen LogP contribution in [0.3, 0.4) is 0 Å². The molecule has 1 unspecified atom stereocenters. The van der Waals surface area contributed by atoms with Gasteiger partial charge in [0.05, 0.1) is 12.8 Å². The summed E-state index contributed by atoms with van der Waals surface area (Å²) in [4.78, 5) is 2.42. The van der Waals surface area contributed by atoms with E-state index in [9.17, 15) is 0 Å².